The quantitative estimate of drug-likeness (QED) is 0.388. The molecule has 0 atom stereocenters. The molecule has 0 saturated carbocycles. The number of hydrogen-bond acceptors (Lipinski definition) is 0. The van der Waals surface area contributed by atoms with E-state index >= 15 is 0 Å². The molecule has 0 bridgehead atoms. The Morgan fingerprint density at radius 3 is 2.91 bits per heavy atom. The first kappa shape index (κ1) is 8.89. The molecule has 0 fully saturated rings. The summed E-state index contributed by atoms with van der Waals surface area (Å²) in [6.07, 6.45) is 0. The molecule has 0 aliphatic rings. The molecule has 0 aliphatic carbocycles. The molecule has 56 valence electrons. The van der Waals surface area contributed by atoms with E-state index in [2.05, 4.69) is 34.4 Å². The Kier molecular flexibility index (Phi) is 3.74. The summed E-state index contributed by atoms with van der Waals surface area (Å²) in [5.74, 6) is 5.96. The summed E-state index contributed by atoms with van der Waals surface area (Å²) < 4.78 is 0.851. The monoisotopic (exact) mass is 276 g/mol. The highest BCUT2D eigenvalue weighted by molar-refractivity contribution is 14.1. The van der Waals surface area contributed by atoms with E-state index in [4.69, 9.17) is 11.6 Å². The van der Waals surface area contributed by atoms with Crippen LogP contribution >= 0.6 is 34.2 Å². The van der Waals surface area contributed by atoms with E-state index in [9.17, 15) is 0 Å². The Morgan fingerprint density at radius 2 is 2.27 bits per heavy atom. The lowest BCUT2D eigenvalue weighted by Crippen LogP contribution is -1.72. The Bertz CT molecular complexity index is 296. The molecule has 1 aromatic carbocycles. The summed E-state index contributed by atoms with van der Waals surface area (Å²) in [7, 11) is 0. The lowest BCUT2D eigenvalue weighted by atomic mass is 10.2. The van der Waals surface area contributed by atoms with Crippen molar-refractivity contribution in [2.24, 2.45) is 0 Å². The number of alkyl halides is 1. The van der Waals surface area contributed by atoms with Crippen molar-refractivity contribution in [2.75, 3.05) is 4.43 Å². The Labute approximate surface area is 85.1 Å². The van der Waals surface area contributed by atoms with E-state index in [0.29, 0.717) is 0 Å². The first-order chi connectivity index (χ1) is 5.33. The highest BCUT2D eigenvalue weighted by atomic mass is 127. The maximum absolute atomic E-state index is 5.75. The molecule has 0 nitrogen and oxygen atoms in total. The zero-order chi connectivity index (χ0) is 8.10. The molecular weight excluding hydrogens is 270 g/mol. The molecule has 1 rings (SSSR count). The highest BCUT2D eigenvalue weighted by Gasteiger charge is 1.86. The van der Waals surface area contributed by atoms with E-state index in [1.165, 1.54) is 0 Å². The fourth-order valence-electron chi connectivity index (χ4n) is 0.702. The van der Waals surface area contributed by atoms with Crippen LogP contribution in [0.1, 0.15) is 5.56 Å². The Balaban J connectivity index is 2.87. The van der Waals surface area contributed by atoms with Gasteiger partial charge >= 0.3 is 0 Å². The van der Waals surface area contributed by atoms with Crippen molar-refractivity contribution in [3.05, 3.63) is 34.9 Å². The van der Waals surface area contributed by atoms with Gasteiger partial charge in [-0.25, -0.2) is 0 Å². The van der Waals surface area contributed by atoms with Crippen LogP contribution in [0.25, 0.3) is 0 Å². The van der Waals surface area contributed by atoms with Crippen LogP contribution in [0, 0.1) is 11.8 Å². The Morgan fingerprint density at radius 1 is 1.45 bits per heavy atom. The average molecular weight is 277 g/mol. The maximum Gasteiger partial charge on any atom is 0.0613 e. The molecule has 0 N–H and O–H groups in total. The minimum Gasteiger partial charge on any atom is -0.0872 e. The molecule has 0 amide bonds. The third kappa shape index (κ3) is 3.13. The Hall–Kier alpha value is -0.200. The molecule has 0 aromatic heterocycles. The van der Waals surface area contributed by atoms with Crippen LogP contribution in [0.2, 0.25) is 5.02 Å². The number of halogens is 2. The lowest BCUT2D eigenvalue weighted by Gasteiger charge is -1.89. The fraction of sp³-hybridized carbons (Fsp3) is 0.111. The second kappa shape index (κ2) is 4.63. The first-order valence-corrected chi connectivity index (χ1v) is 5.03. The number of benzene rings is 1. The van der Waals surface area contributed by atoms with Gasteiger partial charge < -0.3 is 0 Å². The van der Waals surface area contributed by atoms with Gasteiger partial charge in [-0.05, 0) is 18.2 Å². The van der Waals surface area contributed by atoms with E-state index in [0.717, 1.165) is 15.0 Å². The van der Waals surface area contributed by atoms with E-state index in [-0.39, 0.29) is 0 Å². The van der Waals surface area contributed by atoms with Gasteiger partial charge in [0.25, 0.3) is 0 Å². The number of hydrogen-bond donors (Lipinski definition) is 0. The van der Waals surface area contributed by atoms with Gasteiger partial charge in [-0.1, -0.05) is 52.1 Å². The van der Waals surface area contributed by atoms with Gasteiger partial charge in [-0.15, -0.1) is 0 Å². The number of rotatable bonds is 0. The van der Waals surface area contributed by atoms with E-state index in [1.807, 2.05) is 24.3 Å². The normalized spacial score (nSPS) is 8.55. The molecular formula is C9H6ClI. The van der Waals surface area contributed by atoms with Crippen molar-refractivity contribution in [2.45, 2.75) is 0 Å². The SMILES string of the molecule is Clc1cccc(C#CCI)c1. The highest BCUT2D eigenvalue weighted by Crippen LogP contribution is 2.09. The van der Waals surface area contributed by atoms with Gasteiger partial charge in [0.1, 0.15) is 0 Å². The molecule has 0 saturated heterocycles. The van der Waals surface area contributed by atoms with Crippen molar-refractivity contribution >= 4 is 34.2 Å². The molecule has 0 unspecified atom stereocenters. The third-order valence-electron chi connectivity index (χ3n) is 1.12. The maximum atomic E-state index is 5.75. The summed E-state index contributed by atoms with van der Waals surface area (Å²) >= 11 is 7.97. The van der Waals surface area contributed by atoms with Gasteiger partial charge in [0.05, 0.1) is 4.43 Å². The summed E-state index contributed by atoms with van der Waals surface area (Å²) in [6.45, 7) is 0. The second-order valence-corrected chi connectivity index (χ2v) is 3.14. The molecule has 1 aromatic rings. The van der Waals surface area contributed by atoms with Crippen molar-refractivity contribution in [3.8, 4) is 11.8 Å². The van der Waals surface area contributed by atoms with Crippen LogP contribution in [0.15, 0.2) is 24.3 Å². The van der Waals surface area contributed by atoms with Gasteiger partial charge in [0.15, 0.2) is 0 Å². The summed E-state index contributed by atoms with van der Waals surface area (Å²) in [6, 6.07) is 7.56. The van der Waals surface area contributed by atoms with Crippen LogP contribution in [0.5, 0.6) is 0 Å². The molecule has 0 heterocycles. The van der Waals surface area contributed by atoms with Crippen LogP contribution in [0.3, 0.4) is 0 Å². The van der Waals surface area contributed by atoms with E-state index < -0.39 is 0 Å². The van der Waals surface area contributed by atoms with Crippen LogP contribution < -0.4 is 0 Å². The lowest BCUT2D eigenvalue weighted by molar-refractivity contribution is 1.64. The van der Waals surface area contributed by atoms with Gasteiger partial charge in [0.2, 0.25) is 0 Å². The van der Waals surface area contributed by atoms with Crippen molar-refractivity contribution < 1.29 is 0 Å². The smallest absolute Gasteiger partial charge is 0.0613 e. The summed E-state index contributed by atoms with van der Waals surface area (Å²) in [5, 5.41) is 0.741. The molecule has 0 aliphatic heterocycles. The van der Waals surface area contributed by atoms with Crippen LogP contribution in [0.4, 0.5) is 0 Å². The predicted molar refractivity (Wildman–Crippen MR) is 57.2 cm³/mol. The minimum absolute atomic E-state index is 0.741. The first-order valence-electron chi connectivity index (χ1n) is 3.13. The van der Waals surface area contributed by atoms with Crippen LogP contribution in [-0.4, -0.2) is 4.43 Å². The topological polar surface area (TPSA) is 0 Å². The molecule has 2 heteroatoms. The van der Waals surface area contributed by atoms with Crippen LogP contribution in [-0.2, 0) is 0 Å². The second-order valence-electron chi connectivity index (χ2n) is 1.95. The van der Waals surface area contributed by atoms with Gasteiger partial charge in [0, 0.05) is 10.6 Å². The molecule has 0 radical (unpaired) electrons. The van der Waals surface area contributed by atoms with Gasteiger partial charge in [-0.2, -0.15) is 0 Å². The standard InChI is InChI=1S/C9H6ClI/c10-9-5-1-3-8(7-9)4-2-6-11/h1,3,5,7H,6H2. The summed E-state index contributed by atoms with van der Waals surface area (Å²) in [4.78, 5) is 0. The fourth-order valence-corrected chi connectivity index (χ4v) is 1.08. The van der Waals surface area contributed by atoms with Crippen molar-refractivity contribution in [3.63, 3.8) is 0 Å². The van der Waals surface area contributed by atoms with Gasteiger partial charge in [-0.3, -0.25) is 0 Å². The largest absolute Gasteiger partial charge is 0.0872 e. The molecule has 0 spiro atoms. The van der Waals surface area contributed by atoms with E-state index in [1.54, 1.807) is 0 Å². The molecule has 11 heavy (non-hydrogen) atoms. The van der Waals surface area contributed by atoms with Crippen molar-refractivity contribution in [1.82, 2.24) is 0 Å². The zero-order valence-corrected chi connectivity index (χ0v) is 8.69. The minimum atomic E-state index is 0.741. The third-order valence-corrected chi connectivity index (χ3v) is 1.74. The zero-order valence-electron chi connectivity index (χ0n) is 5.77. The summed E-state index contributed by atoms with van der Waals surface area (Å²) in [5.41, 5.74) is 0.981. The average Bonchev–Trinajstić information content (AvgIpc) is 2.01. The van der Waals surface area contributed by atoms with Crippen molar-refractivity contribution in [1.29, 1.82) is 0 Å². The predicted octanol–water partition coefficient (Wildman–Crippen LogP) is 3.13.